The van der Waals surface area contributed by atoms with Crippen molar-refractivity contribution in [3.05, 3.63) is 39.8 Å². The number of fused-ring (bicyclic) bond motifs is 1. The van der Waals surface area contributed by atoms with Crippen molar-refractivity contribution in [2.75, 3.05) is 37.7 Å². The molecule has 1 saturated heterocycles. The minimum Gasteiger partial charge on any atom is -0.482 e. The van der Waals surface area contributed by atoms with Crippen molar-refractivity contribution in [1.29, 1.82) is 0 Å². The Morgan fingerprint density at radius 2 is 2.03 bits per heavy atom. The number of aromatic nitrogens is 1. The summed E-state index contributed by atoms with van der Waals surface area (Å²) in [5.74, 6) is 0.430. The highest BCUT2D eigenvalue weighted by atomic mass is 32.1. The number of rotatable bonds is 6. The van der Waals surface area contributed by atoms with E-state index in [9.17, 15) is 9.59 Å². The summed E-state index contributed by atoms with van der Waals surface area (Å²) >= 11 is 1.40. The third-order valence-corrected chi connectivity index (χ3v) is 6.59. The first-order chi connectivity index (χ1) is 14.8. The minimum absolute atomic E-state index is 0.0110. The Labute approximate surface area is 187 Å². The number of amides is 2. The molecule has 7 nitrogen and oxygen atoms in total. The van der Waals surface area contributed by atoms with Gasteiger partial charge in [0.2, 0.25) is 0 Å². The highest BCUT2D eigenvalue weighted by Gasteiger charge is 2.28. The number of benzene rings is 1. The molecule has 1 fully saturated rings. The number of nitrogens with zero attached hydrogens (tertiary/aromatic N) is 3. The summed E-state index contributed by atoms with van der Waals surface area (Å²) in [6, 6.07) is 5.99. The van der Waals surface area contributed by atoms with E-state index in [4.69, 9.17) is 4.74 Å². The lowest BCUT2D eigenvalue weighted by molar-refractivity contribution is -0.121. The summed E-state index contributed by atoms with van der Waals surface area (Å²) in [7, 11) is 0. The fourth-order valence-corrected chi connectivity index (χ4v) is 4.65. The molecule has 0 aliphatic carbocycles. The maximum Gasteiger partial charge on any atom is 0.270 e. The molecule has 0 bridgehead atoms. The molecule has 2 aliphatic rings. The van der Waals surface area contributed by atoms with Gasteiger partial charge in [0.15, 0.2) is 6.61 Å². The Morgan fingerprint density at radius 3 is 2.77 bits per heavy atom. The summed E-state index contributed by atoms with van der Waals surface area (Å²) in [5, 5.41) is 5.44. The highest BCUT2D eigenvalue weighted by Crippen LogP contribution is 2.37. The SMILES string of the molecule is CC(C)(C)c1ccc2c(c1)N(Cc1nc(C(=O)NCCN3CCCC3)cs1)C(=O)CO2. The fourth-order valence-electron chi connectivity index (χ4n) is 3.89. The monoisotopic (exact) mass is 442 g/mol. The molecular weight excluding hydrogens is 412 g/mol. The third kappa shape index (κ3) is 5.07. The number of nitrogens with one attached hydrogen (secondary N) is 1. The molecule has 3 heterocycles. The third-order valence-electron chi connectivity index (χ3n) is 5.76. The van der Waals surface area contributed by atoms with E-state index >= 15 is 0 Å². The quantitative estimate of drug-likeness (QED) is 0.744. The number of ether oxygens (including phenoxy) is 1. The predicted molar refractivity (Wildman–Crippen MR) is 122 cm³/mol. The fraction of sp³-hybridized carbons (Fsp3) is 0.522. The van der Waals surface area contributed by atoms with Gasteiger partial charge in [-0.1, -0.05) is 26.8 Å². The van der Waals surface area contributed by atoms with Gasteiger partial charge in [0.1, 0.15) is 16.5 Å². The zero-order valence-corrected chi connectivity index (χ0v) is 19.3. The lowest BCUT2D eigenvalue weighted by Crippen LogP contribution is -2.38. The molecule has 4 rings (SSSR count). The van der Waals surface area contributed by atoms with E-state index in [1.807, 2.05) is 18.2 Å². The van der Waals surface area contributed by atoms with Gasteiger partial charge < -0.3 is 15.0 Å². The zero-order valence-electron chi connectivity index (χ0n) is 18.4. The van der Waals surface area contributed by atoms with Crippen LogP contribution in [0.5, 0.6) is 5.75 Å². The highest BCUT2D eigenvalue weighted by molar-refractivity contribution is 7.09. The van der Waals surface area contributed by atoms with E-state index < -0.39 is 0 Å². The van der Waals surface area contributed by atoms with E-state index in [0.29, 0.717) is 24.5 Å². The van der Waals surface area contributed by atoms with E-state index in [-0.39, 0.29) is 23.8 Å². The summed E-state index contributed by atoms with van der Waals surface area (Å²) in [4.78, 5) is 33.6. The molecular formula is C23H30N4O3S. The molecule has 0 saturated carbocycles. The zero-order chi connectivity index (χ0) is 22.0. The van der Waals surface area contributed by atoms with Gasteiger partial charge in [-0.05, 0) is 49.0 Å². The molecule has 1 aromatic carbocycles. The molecule has 1 aromatic heterocycles. The molecule has 2 aromatic rings. The normalized spacial score (nSPS) is 16.9. The smallest absolute Gasteiger partial charge is 0.270 e. The molecule has 8 heteroatoms. The molecule has 2 aliphatic heterocycles. The Bertz CT molecular complexity index is 960. The average Bonchev–Trinajstić information content (AvgIpc) is 3.41. The van der Waals surface area contributed by atoms with Crippen LogP contribution < -0.4 is 15.0 Å². The maximum atomic E-state index is 12.6. The molecule has 1 N–H and O–H groups in total. The number of hydrogen-bond acceptors (Lipinski definition) is 6. The summed E-state index contributed by atoms with van der Waals surface area (Å²) < 4.78 is 5.62. The average molecular weight is 443 g/mol. The predicted octanol–water partition coefficient (Wildman–Crippen LogP) is 3.19. The van der Waals surface area contributed by atoms with Crippen LogP contribution in [-0.2, 0) is 16.8 Å². The molecule has 0 unspecified atom stereocenters. The van der Waals surface area contributed by atoms with E-state index in [0.717, 1.165) is 35.9 Å². The lowest BCUT2D eigenvalue weighted by Gasteiger charge is -2.30. The van der Waals surface area contributed by atoms with Crippen molar-refractivity contribution in [2.24, 2.45) is 0 Å². The van der Waals surface area contributed by atoms with Crippen LogP contribution in [0.4, 0.5) is 5.69 Å². The van der Waals surface area contributed by atoms with Crippen molar-refractivity contribution in [1.82, 2.24) is 15.2 Å². The number of thiazole rings is 1. The van der Waals surface area contributed by atoms with Gasteiger partial charge >= 0.3 is 0 Å². The number of hydrogen-bond donors (Lipinski definition) is 1. The van der Waals surface area contributed by atoms with Crippen LogP contribution >= 0.6 is 11.3 Å². The summed E-state index contributed by atoms with van der Waals surface area (Å²) in [5.41, 5.74) is 2.26. The topological polar surface area (TPSA) is 74.8 Å². The number of carbonyl (C=O) groups excluding carboxylic acids is 2. The van der Waals surface area contributed by atoms with Crippen LogP contribution in [-0.4, -0.2) is 54.5 Å². The minimum atomic E-state index is -0.162. The first kappa shape index (κ1) is 21.8. The number of anilines is 1. The largest absolute Gasteiger partial charge is 0.482 e. The Balaban J connectivity index is 1.43. The first-order valence-corrected chi connectivity index (χ1v) is 11.7. The van der Waals surface area contributed by atoms with Gasteiger partial charge in [-0.3, -0.25) is 14.5 Å². The Kier molecular flexibility index (Phi) is 6.29. The van der Waals surface area contributed by atoms with Gasteiger partial charge in [0, 0.05) is 18.5 Å². The van der Waals surface area contributed by atoms with Crippen molar-refractivity contribution in [3.8, 4) is 5.75 Å². The maximum absolute atomic E-state index is 12.6. The van der Waals surface area contributed by atoms with Crippen molar-refractivity contribution in [2.45, 2.75) is 45.6 Å². The first-order valence-electron chi connectivity index (χ1n) is 10.8. The second-order valence-electron chi connectivity index (χ2n) is 9.13. The summed E-state index contributed by atoms with van der Waals surface area (Å²) in [6.45, 7) is 10.5. The molecule has 31 heavy (non-hydrogen) atoms. The van der Waals surface area contributed by atoms with Crippen LogP contribution in [0.1, 0.15) is 54.7 Å². The van der Waals surface area contributed by atoms with Crippen molar-refractivity contribution in [3.63, 3.8) is 0 Å². The second-order valence-corrected chi connectivity index (χ2v) is 10.1. The van der Waals surface area contributed by atoms with Gasteiger partial charge in [0.25, 0.3) is 11.8 Å². The Morgan fingerprint density at radius 1 is 1.26 bits per heavy atom. The van der Waals surface area contributed by atoms with E-state index in [1.54, 1.807) is 10.3 Å². The van der Waals surface area contributed by atoms with E-state index in [2.05, 4.69) is 36.0 Å². The lowest BCUT2D eigenvalue weighted by atomic mass is 9.86. The second kappa shape index (κ2) is 8.96. The van der Waals surface area contributed by atoms with Crippen molar-refractivity contribution >= 4 is 28.8 Å². The number of likely N-dealkylation sites (tertiary alicyclic amines) is 1. The van der Waals surface area contributed by atoms with Gasteiger partial charge in [-0.15, -0.1) is 11.3 Å². The Hall–Kier alpha value is -2.45. The van der Waals surface area contributed by atoms with Crippen LogP contribution in [0.15, 0.2) is 23.6 Å². The van der Waals surface area contributed by atoms with Crippen LogP contribution in [0.2, 0.25) is 0 Å². The molecule has 2 amide bonds. The molecule has 0 spiro atoms. The summed E-state index contributed by atoms with van der Waals surface area (Å²) in [6.07, 6.45) is 2.48. The van der Waals surface area contributed by atoms with Crippen LogP contribution in [0.25, 0.3) is 0 Å². The van der Waals surface area contributed by atoms with Crippen molar-refractivity contribution < 1.29 is 14.3 Å². The van der Waals surface area contributed by atoms with Gasteiger partial charge in [-0.2, -0.15) is 0 Å². The molecule has 0 atom stereocenters. The molecule has 166 valence electrons. The van der Waals surface area contributed by atoms with Crippen LogP contribution in [0.3, 0.4) is 0 Å². The van der Waals surface area contributed by atoms with E-state index in [1.165, 1.54) is 24.2 Å². The number of carbonyl (C=O) groups is 2. The molecule has 0 radical (unpaired) electrons. The van der Waals surface area contributed by atoms with Crippen LogP contribution in [0, 0.1) is 0 Å². The van der Waals surface area contributed by atoms with Gasteiger partial charge in [-0.25, -0.2) is 4.98 Å². The van der Waals surface area contributed by atoms with Gasteiger partial charge in [0.05, 0.1) is 12.2 Å². The standard InChI is InChI=1S/C23H30N4O3S/c1-23(2,3)16-6-7-19-18(12-16)27(21(28)14-30-19)13-20-25-17(15-31-20)22(29)24-8-11-26-9-4-5-10-26/h6-7,12,15H,4-5,8-11,13-14H2,1-3H3,(H,24,29).